The van der Waals surface area contributed by atoms with Crippen LogP contribution in [0, 0.1) is 0 Å². The molecule has 0 amide bonds. The van der Waals surface area contributed by atoms with Crippen LogP contribution >= 0.6 is 0 Å². The molecule has 0 saturated carbocycles. The van der Waals surface area contributed by atoms with Crippen molar-refractivity contribution < 1.29 is 5.11 Å². The molecule has 0 fully saturated rings. The van der Waals surface area contributed by atoms with Gasteiger partial charge in [0, 0.05) is 0 Å². The van der Waals surface area contributed by atoms with Crippen LogP contribution in [0.5, 0.6) is 0 Å². The molecular formula is C15H24O. The minimum absolute atomic E-state index is 0.132. The summed E-state index contributed by atoms with van der Waals surface area (Å²) < 4.78 is 0. The Balaban J connectivity index is 0.00000106. The predicted octanol–water partition coefficient (Wildman–Crippen LogP) is 4.19. The van der Waals surface area contributed by atoms with Crippen LogP contribution in [0.2, 0.25) is 0 Å². The maximum absolute atomic E-state index is 9.03. The van der Waals surface area contributed by atoms with Gasteiger partial charge in [0.1, 0.15) is 0 Å². The van der Waals surface area contributed by atoms with Gasteiger partial charge < -0.3 is 5.11 Å². The normalized spacial score (nSPS) is 10.1. The van der Waals surface area contributed by atoms with Gasteiger partial charge in [-0.3, -0.25) is 0 Å². The van der Waals surface area contributed by atoms with Crippen molar-refractivity contribution in [1.82, 2.24) is 0 Å². The molecule has 0 bridgehead atoms. The van der Waals surface area contributed by atoms with E-state index in [-0.39, 0.29) is 6.61 Å². The van der Waals surface area contributed by atoms with Gasteiger partial charge in [-0.1, -0.05) is 57.5 Å². The van der Waals surface area contributed by atoms with Crippen LogP contribution in [0.15, 0.2) is 24.3 Å². The van der Waals surface area contributed by atoms with E-state index in [1.165, 1.54) is 11.1 Å². The lowest BCUT2D eigenvalue weighted by Gasteiger charge is -2.06. The van der Waals surface area contributed by atoms with Crippen LogP contribution in [-0.2, 0) is 13.0 Å². The summed E-state index contributed by atoms with van der Waals surface area (Å²) in [7, 11) is 0. The Morgan fingerprint density at radius 2 is 1.94 bits per heavy atom. The number of aliphatic hydroxyl groups is 1. The van der Waals surface area contributed by atoms with E-state index in [2.05, 4.69) is 25.1 Å². The van der Waals surface area contributed by atoms with Gasteiger partial charge in [0.15, 0.2) is 0 Å². The molecule has 0 atom stereocenters. The van der Waals surface area contributed by atoms with Crippen molar-refractivity contribution in [2.45, 2.75) is 47.1 Å². The average Bonchev–Trinajstić information content (AvgIpc) is 2.34. The van der Waals surface area contributed by atoms with Crippen molar-refractivity contribution in [2.75, 3.05) is 0 Å². The second-order valence-corrected chi connectivity index (χ2v) is 3.44. The summed E-state index contributed by atoms with van der Waals surface area (Å²) in [6, 6.07) is 6.16. The fourth-order valence-electron chi connectivity index (χ4n) is 1.59. The second kappa shape index (κ2) is 9.17. The third-order valence-corrected chi connectivity index (χ3v) is 2.26. The van der Waals surface area contributed by atoms with Crippen molar-refractivity contribution in [3.63, 3.8) is 0 Å². The minimum Gasteiger partial charge on any atom is -0.392 e. The van der Waals surface area contributed by atoms with Crippen molar-refractivity contribution in [1.29, 1.82) is 0 Å². The lowest BCUT2D eigenvalue weighted by atomic mass is 10.00. The van der Waals surface area contributed by atoms with Gasteiger partial charge in [-0.2, -0.15) is 0 Å². The van der Waals surface area contributed by atoms with Crippen molar-refractivity contribution >= 4 is 6.08 Å². The van der Waals surface area contributed by atoms with Gasteiger partial charge in [-0.05, 0) is 30.0 Å². The smallest absolute Gasteiger partial charge is 0.0681 e. The van der Waals surface area contributed by atoms with Crippen molar-refractivity contribution in [3.05, 3.63) is 41.0 Å². The summed E-state index contributed by atoms with van der Waals surface area (Å²) in [5, 5.41) is 9.03. The molecule has 0 aromatic heterocycles. The van der Waals surface area contributed by atoms with Crippen LogP contribution in [0.1, 0.15) is 50.8 Å². The predicted molar refractivity (Wildman–Crippen MR) is 72.4 cm³/mol. The van der Waals surface area contributed by atoms with Crippen LogP contribution in [0.3, 0.4) is 0 Å². The SMILES string of the molecule is C/C=C\c1ccc(CO)cc1CCC.CC. The summed E-state index contributed by atoms with van der Waals surface area (Å²) in [4.78, 5) is 0. The number of benzene rings is 1. The fraction of sp³-hybridized carbons (Fsp3) is 0.467. The highest BCUT2D eigenvalue weighted by atomic mass is 16.3. The zero-order valence-electron chi connectivity index (χ0n) is 11.0. The van der Waals surface area contributed by atoms with E-state index >= 15 is 0 Å². The standard InChI is InChI=1S/C13H18O.C2H6/c1-3-5-12-8-7-11(10-14)9-13(12)6-4-2;1-2/h3,5,7-9,14H,4,6,10H2,1-2H3;1-2H3/b5-3-;. The number of rotatable bonds is 4. The molecule has 0 unspecified atom stereocenters. The molecule has 1 aromatic rings. The average molecular weight is 220 g/mol. The Kier molecular flexibility index (Phi) is 8.55. The van der Waals surface area contributed by atoms with Gasteiger partial charge in [-0.25, -0.2) is 0 Å². The molecule has 1 rings (SSSR count). The Labute approximate surface area is 99.8 Å². The topological polar surface area (TPSA) is 20.2 Å². The van der Waals surface area contributed by atoms with E-state index < -0.39 is 0 Å². The fourth-order valence-corrected chi connectivity index (χ4v) is 1.59. The number of aliphatic hydroxyl groups excluding tert-OH is 1. The van der Waals surface area contributed by atoms with E-state index in [0.29, 0.717) is 0 Å². The minimum atomic E-state index is 0.132. The molecule has 0 spiro atoms. The maximum atomic E-state index is 9.03. The van der Waals surface area contributed by atoms with Crippen molar-refractivity contribution in [3.8, 4) is 0 Å². The van der Waals surface area contributed by atoms with Crippen LogP contribution in [0.4, 0.5) is 0 Å². The molecule has 0 aliphatic carbocycles. The van der Waals surface area contributed by atoms with E-state index in [0.717, 1.165) is 18.4 Å². The lowest BCUT2D eigenvalue weighted by Crippen LogP contribution is -1.92. The zero-order chi connectivity index (χ0) is 12.4. The molecule has 0 saturated heterocycles. The summed E-state index contributed by atoms with van der Waals surface area (Å²) in [5.41, 5.74) is 3.60. The highest BCUT2D eigenvalue weighted by molar-refractivity contribution is 5.54. The number of hydrogen-bond acceptors (Lipinski definition) is 1. The first kappa shape index (κ1) is 14.9. The van der Waals surface area contributed by atoms with Crippen LogP contribution in [0.25, 0.3) is 6.08 Å². The third kappa shape index (κ3) is 4.63. The molecule has 0 heterocycles. The molecule has 0 radical (unpaired) electrons. The second-order valence-electron chi connectivity index (χ2n) is 3.44. The molecule has 16 heavy (non-hydrogen) atoms. The quantitative estimate of drug-likeness (QED) is 0.806. The Bertz CT molecular complexity index is 313. The summed E-state index contributed by atoms with van der Waals surface area (Å²) in [6.45, 7) is 8.33. The molecule has 0 aliphatic heterocycles. The van der Waals surface area contributed by atoms with Gasteiger partial charge in [-0.15, -0.1) is 0 Å². The molecule has 1 heteroatoms. The van der Waals surface area contributed by atoms with Gasteiger partial charge in [0.05, 0.1) is 6.61 Å². The Hall–Kier alpha value is -1.08. The van der Waals surface area contributed by atoms with Crippen LogP contribution < -0.4 is 0 Å². The van der Waals surface area contributed by atoms with Gasteiger partial charge in [0.2, 0.25) is 0 Å². The molecular weight excluding hydrogens is 196 g/mol. The maximum Gasteiger partial charge on any atom is 0.0681 e. The largest absolute Gasteiger partial charge is 0.392 e. The first-order valence-corrected chi connectivity index (χ1v) is 6.17. The molecule has 1 nitrogen and oxygen atoms in total. The number of hydrogen-bond donors (Lipinski definition) is 1. The van der Waals surface area contributed by atoms with E-state index in [4.69, 9.17) is 5.11 Å². The summed E-state index contributed by atoms with van der Waals surface area (Å²) in [5.74, 6) is 0. The van der Waals surface area contributed by atoms with Gasteiger partial charge >= 0.3 is 0 Å². The first-order chi connectivity index (χ1) is 7.81. The van der Waals surface area contributed by atoms with Crippen molar-refractivity contribution in [2.24, 2.45) is 0 Å². The van der Waals surface area contributed by atoms with Gasteiger partial charge in [0.25, 0.3) is 0 Å². The molecule has 1 N–H and O–H groups in total. The van der Waals surface area contributed by atoms with Crippen LogP contribution in [-0.4, -0.2) is 5.11 Å². The lowest BCUT2D eigenvalue weighted by molar-refractivity contribution is 0.281. The molecule has 0 aliphatic rings. The summed E-state index contributed by atoms with van der Waals surface area (Å²) >= 11 is 0. The highest BCUT2D eigenvalue weighted by Gasteiger charge is 2.00. The Morgan fingerprint density at radius 1 is 1.25 bits per heavy atom. The number of allylic oxidation sites excluding steroid dienone is 1. The summed E-state index contributed by atoms with van der Waals surface area (Å²) in [6.07, 6.45) is 6.38. The third-order valence-electron chi connectivity index (χ3n) is 2.26. The number of aryl methyl sites for hydroxylation is 1. The first-order valence-electron chi connectivity index (χ1n) is 6.17. The highest BCUT2D eigenvalue weighted by Crippen LogP contribution is 2.15. The molecule has 90 valence electrons. The monoisotopic (exact) mass is 220 g/mol. The van der Waals surface area contributed by atoms with E-state index in [9.17, 15) is 0 Å². The Morgan fingerprint density at radius 3 is 2.44 bits per heavy atom. The van der Waals surface area contributed by atoms with E-state index in [1.54, 1.807) is 0 Å². The molecule has 1 aromatic carbocycles. The van der Waals surface area contributed by atoms with E-state index in [1.807, 2.05) is 32.9 Å². The zero-order valence-corrected chi connectivity index (χ0v) is 11.0.